The normalized spacial score (nSPS) is 14.0. The number of unbranched alkanes of at least 4 members (excludes halogenated alkanes) is 36. The van der Waals surface area contributed by atoms with Crippen LogP contribution in [0, 0.1) is 0 Å². The fraction of sp³-hybridized carbons (Fsp3) is 0.784. The minimum absolute atomic E-state index is 0.0285. The number of phosphoric acid groups is 1. The molecule has 0 bridgehead atoms. The highest BCUT2D eigenvalue weighted by Gasteiger charge is 2.27. The molecule has 0 rings (SSSR count). The molecule has 3 unspecified atom stereocenters. The van der Waals surface area contributed by atoms with Crippen LogP contribution in [0.4, 0.5) is 0 Å². The number of nitrogens with zero attached hydrogens (tertiary/aromatic N) is 1. The van der Waals surface area contributed by atoms with Gasteiger partial charge in [-0.2, -0.15) is 0 Å². The lowest BCUT2D eigenvalue weighted by atomic mass is 10.0. The molecule has 0 saturated carbocycles. The number of quaternary nitrogens is 1. The Morgan fingerprint density at radius 1 is 0.417 bits per heavy atom. The number of hydrogen-bond acceptors (Lipinski definition) is 7. The summed E-state index contributed by atoms with van der Waals surface area (Å²) in [4.78, 5) is 40.2. The minimum atomic E-state index is -4.71. The summed E-state index contributed by atoms with van der Waals surface area (Å²) in [7, 11) is 1.17. The number of nitrogens with one attached hydrogen (secondary N) is 1. The zero-order valence-corrected chi connectivity index (χ0v) is 56.7. The SMILES string of the molecule is CCCCC/C=C\C/C=C\C/C=C\C/C=C\CCCCCCCC(=O)NC(COP(=O)([O-])OCC[N+](C)(C)C)C(/C=C/CCCCCCCCCCCC)OC(=O)CCCCCCCCCCCCCCCCC/C=C\C/C=C\CCCCC. The molecule has 0 spiro atoms. The number of esters is 1. The molecule has 10 heteroatoms. The predicted octanol–water partition coefficient (Wildman–Crippen LogP) is 21.9. The summed E-state index contributed by atoms with van der Waals surface area (Å²) in [5.41, 5.74) is 0. The Kier molecular flexibility index (Phi) is 61.1. The molecule has 0 aromatic rings. The van der Waals surface area contributed by atoms with Crippen LogP contribution in [-0.4, -0.2) is 69.4 Å². The molecule has 3 atom stereocenters. The first-order valence-corrected chi connectivity index (χ1v) is 36.9. The van der Waals surface area contributed by atoms with Crippen molar-refractivity contribution in [1.29, 1.82) is 0 Å². The number of likely N-dealkylation sites (N-methyl/N-ethyl adjacent to an activating group) is 1. The van der Waals surface area contributed by atoms with Gasteiger partial charge >= 0.3 is 5.97 Å². The molecule has 0 radical (unpaired) electrons. The highest BCUT2D eigenvalue weighted by molar-refractivity contribution is 7.45. The molecule has 0 aliphatic rings. The highest BCUT2D eigenvalue weighted by Crippen LogP contribution is 2.38. The molecular weight excluding hydrogens is 1060 g/mol. The maximum Gasteiger partial charge on any atom is 0.306 e. The second kappa shape index (κ2) is 63.2. The van der Waals surface area contributed by atoms with Gasteiger partial charge in [0.05, 0.1) is 33.8 Å². The van der Waals surface area contributed by atoms with E-state index in [0.29, 0.717) is 23.9 Å². The van der Waals surface area contributed by atoms with Gasteiger partial charge in [0.2, 0.25) is 5.91 Å². The summed E-state index contributed by atoms with van der Waals surface area (Å²) in [5.74, 6) is -0.555. The molecule has 0 fully saturated rings. The molecule has 0 aromatic heterocycles. The lowest BCUT2D eigenvalue weighted by Crippen LogP contribution is -2.47. The van der Waals surface area contributed by atoms with Crippen molar-refractivity contribution in [3.8, 4) is 0 Å². The van der Waals surface area contributed by atoms with Crippen molar-refractivity contribution in [3.63, 3.8) is 0 Å². The van der Waals surface area contributed by atoms with Gasteiger partial charge in [0.1, 0.15) is 19.3 Å². The summed E-state index contributed by atoms with van der Waals surface area (Å²) < 4.78 is 30.4. The van der Waals surface area contributed by atoms with Crippen molar-refractivity contribution in [3.05, 3.63) is 85.1 Å². The Labute approximate surface area is 520 Å². The molecule has 0 aromatic carbocycles. The summed E-state index contributed by atoms with van der Waals surface area (Å²) in [6.07, 6.45) is 84.2. The fourth-order valence-electron chi connectivity index (χ4n) is 10.1. The minimum Gasteiger partial charge on any atom is -0.756 e. The van der Waals surface area contributed by atoms with Crippen molar-refractivity contribution in [1.82, 2.24) is 5.32 Å². The topological polar surface area (TPSA) is 114 Å². The van der Waals surface area contributed by atoms with E-state index < -0.39 is 26.6 Å². The second-order valence-electron chi connectivity index (χ2n) is 25.0. The number of hydrogen-bond donors (Lipinski definition) is 1. The molecular formula is C74H135N2O7P. The quantitative estimate of drug-likeness (QED) is 0.0212. The van der Waals surface area contributed by atoms with Crippen LogP contribution in [0.3, 0.4) is 0 Å². The first kappa shape index (κ1) is 81.2. The van der Waals surface area contributed by atoms with Crippen LogP contribution in [0.2, 0.25) is 0 Å². The first-order chi connectivity index (χ1) is 40.9. The zero-order valence-electron chi connectivity index (χ0n) is 55.8. The van der Waals surface area contributed by atoms with Gasteiger partial charge < -0.3 is 28.5 Å². The number of allylic oxidation sites excluding steroid dienone is 13. The van der Waals surface area contributed by atoms with Crippen LogP contribution in [0.15, 0.2) is 85.1 Å². The number of amides is 1. The molecule has 488 valence electrons. The average Bonchev–Trinajstić information content (AvgIpc) is 3.64. The summed E-state index contributed by atoms with van der Waals surface area (Å²) in [6.45, 7) is 6.80. The van der Waals surface area contributed by atoms with Gasteiger partial charge in [-0.05, 0) is 109 Å². The third kappa shape index (κ3) is 63.7. The first-order valence-electron chi connectivity index (χ1n) is 35.4. The fourth-order valence-corrected chi connectivity index (χ4v) is 10.8. The van der Waals surface area contributed by atoms with Crippen LogP contribution in [-0.2, 0) is 27.9 Å². The number of phosphoric ester groups is 1. The lowest BCUT2D eigenvalue weighted by Gasteiger charge is -2.30. The van der Waals surface area contributed by atoms with Gasteiger partial charge in [0, 0.05) is 12.8 Å². The molecule has 0 aliphatic carbocycles. The Morgan fingerprint density at radius 3 is 1.11 bits per heavy atom. The van der Waals surface area contributed by atoms with Gasteiger partial charge in [-0.15, -0.1) is 0 Å². The molecule has 84 heavy (non-hydrogen) atoms. The van der Waals surface area contributed by atoms with Crippen molar-refractivity contribution >= 4 is 19.7 Å². The van der Waals surface area contributed by atoms with Crippen molar-refractivity contribution < 1.29 is 37.3 Å². The van der Waals surface area contributed by atoms with Crippen LogP contribution in [0.25, 0.3) is 0 Å². The molecule has 0 saturated heterocycles. The number of ether oxygens (including phenoxy) is 1. The highest BCUT2D eigenvalue weighted by atomic mass is 31.2. The third-order valence-electron chi connectivity index (χ3n) is 15.5. The standard InChI is InChI=1S/C74H135N2O7P/c1-7-10-13-16-19-22-25-28-30-32-34-36-37-38-39-41-43-45-47-49-52-55-58-61-64-67-74(78)83-72(65-62-59-56-53-50-27-24-21-18-15-12-9-3)71(70-82-84(79,80)81-69-68-76(4,5)6)75-73(77)66-63-60-57-54-51-48-46-44-42-40-35-33-31-29-26-23-20-17-14-11-8-2/h19-20,22-23,28-31,35,40,44,46,62,65,71-72H,7-18,21,24-27,32-34,36-39,41-43,45,47-61,63-64,66-70H2,1-6H3,(H-,75,77,79,80)/b22-19-,23-20-,30-28-,31-29-,40-35-,46-44-,65-62+. The lowest BCUT2D eigenvalue weighted by molar-refractivity contribution is -0.870. The predicted molar refractivity (Wildman–Crippen MR) is 362 cm³/mol. The Hall–Kier alpha value is -2.81. The van der Waals surface area contributed by atoms with Gasteiger partial charge in [0.15, 0.2) is 0 Å². The largest absolute Gasteiger partial charge is 0.756 e. The average molecular weight is 1200 g/mol. The number of carbonyl (C=O) groups excluding carboxylic acids is 2. The second-order valence-corrected chi connectivity index (χ2v) is 26.4. The third-order valence-corrected chi connectivity index (χ3v) is 16.5. The number of carbonyl (C=O) groups is 2. The van der Waals surface area contributed by atoms with Crippen LogP contribution in [0.1, 0.15) is 323 Å². The van der Waals surface area contributed by atoms with E-state index in [1.807, 2.05) is 33.3 Å². The van der Waals surface area contributed by atoms with Gasteiger partial charge in [-0.25, -0.2) is 0 Å². The van der Waals surface area contributed by atoms with E-state index in [-0.39, 0.29) is 24.9 Å². The molecule has 1 N–H and O–H groups in total. The Balaban J connectivity index is 5.10. The van der Waals surface area contributed by atoms with E-state index in [2.05, 4.69) is 99.0 Å². The van der Waals surface area contributed by atoms with Crippen LogP contribution in [0.5, 0.6) is 0 Å². The maximum atomic E-state index is 13.6. The smallest absolute Gasteiger partial charge is 0.306 e. The van der Waals surface area contributed by atoms with E-state index in [0.717, 1.165) is 96.3 Å². The maximum absolute atomic E-state index is 13.6. The van der Waals surface area contributed by atoms with Gasteiger partial charge in [-0.3, -0.25) is 14.2 Å². The molecule has 0 heterocycles. The summed E-state index contributed by atoms with van der Waals surface area (Å²) in [5, 5.41) is 3.03. The Bertz CT molecular complexity index is 1710. The van der Waals surface area contributed by atoms with E-state index >= 15 is 0 Å². The van der Waals surface area contributed by atoms with Gasteiger partial charge in [-0.1, -0.05) is 286 Å². The van der Waals surface area contributed by atoms with E-state index in [9.17, 15) is 19.0 Å². The molecule has 1 amide bonds. The van der Waals surface area contributed by atoms with Crippen LogP contribution >= 0.6 is 7.82 Å². The monoisotopic (exact) mass is 1200 g/mol. The number of rotatable bonds is 64. The summed E-state index contributed by atoms with van der Waals surface area (Å²) in [6, 6.07) is -0.902. The summed E-state index contributed by atoms with van der Waals surface area (Å²) >= 11 is 0. The van der Waals surface area contributed by atoms with Crippen molar-refractivity contribution in [2.75, 3.05) is 40.9 Å². The van der Waals surface area contributed by atoms with E-state index in [1.165, 1.54) is 186 Å². The van der Waals surface area contributed by atoms with E-state index in [1.54, 1.807) is 0 Å². The van der Waals surface area contributed by atoms with E-state index in [4.69, 9.17) is 13.8 Å². The molecule has 9 nitrogen and oxygen atoms in total. The Morgan fingerprint density at radius 2 is 0.726 bits per heavy atom. The van der Waals surface area contributed by atoms with Crippen molar-refractivity contribution in [2.24, 2.45) is 0 Å². The van der Waals surface area contributed by atoms with Gasteiger partial charge in [0.25, 0.3) is 7.82 Å². The molecule has 0 aliphatic heterocycles. The van der Waals surface area contributed by atoms with Crippen molar-refractivity contribution in [2.45, 2.75) is 335 Å². The van der Waals surface area contributed by atoms with Crippen LogP contribution < -0.4 is 10.2 Å². The zero-order chi connectivity index (χ0) is 61.4.